The Balaban J connectivity index is 1.54. The zero-order valence-corrected chi connectivity index (χ0v) is 17.4. The molecule has 2 aromatic carbocycles. The minimum Gasteiger partial charge on any atom is -0.493 e. The first-order valence-electron chi connectivity index (χ1n) is 9.89. The number of benzene rings is 2. The summed E-state index contributed by atoms with van der Waals surface area (Å²) in [7, 11) is 0. The maximum atomic E-state index is 12.7. The predicted molar refractivity (Wildman–Crippen MR) is 119 cm³/mol. The number of aryl methyl sites for hydroxylation is 1. The van der Waals surface area contributed by atoms with E-state index in [9.17, 15) is 14.9 Å². The predicted octanol–water partition coefficient (Wildman–Crippen LogP) is 4.55. The second kappa shape index (κ2) is 10.2. The zero-order chi connectivity index (χ0) is 22.2. The van der Waals surface area contributed by atoms with Gasteiger partial charge in [-0.15, -0.1) is 0 Å². The van der Waals surface area contributed by atoms with Gasteiger partial charge in [-0.25, -0.2) is 4.98 Å². The molecule has 8 nitrogen and oxygen atoms in total. The number of non-ortho nitro benzene ring substituents is 1. The van der Waals surface area contributed by atoms with E-state index in [0.717, 1.165) is 16.8 Å². The molecule has 0 saturated carbocycles. The maximum Gasteiger partial charge on any atom is 0.273 e. The van der Waals surface area contributed by atoms with Crippen molar-refractivity contribution < 1.29 is 14.5 Å². The van der Waals surface area contributed by atoms with Crippen molar-refractivity contribution in [1.29, 1.82) is 0 Å². The molecule has 8 heteroatoms. The van der Waals surface area contributed by atoms with Crippen molar-refractivity contribution in [1.82, 2.24) is 10.3 Å². The lowest BCUT2D eigenvalue weighted by atomic mass is 10.1. The lowest BCUT2D eigenvalue weighted by molar-refractivity contribution is -0.384. The van der Waals surface area contributed by atoms with Crippen LogP contribution in [0.15, 0.2) is 60.8 Å². The number of pyridine rings is 1. The highest BCUT2D eigenvalue weighted by molar-refractivity contribution is 5.99. The van der Waals surface area contributed by atoms with Crippen LogP contribution in [0.2, 0.25) is 0 Å². The number of aromatic nitrogens is 1. The third kappa shape index (κ3) is 5.79. The average molecular weight is 420 g/mol. The Morgan fingerprint density at radius 2 is 1.94 bits per heavy atom. The molecular weight excluding hydrogens is 396 g/mol. The highest BCUT2D eigenvalue weighted by atomic mass is 16.6. The van der Waals surface area contributed by atoms with E-state index >= 15 is 0 Å². The van der Waals surface area contributed by atoms with E-state index in [0.29, 0.717) is 36.7 Å². The quantitative estimate of drug-likeness (QED) is 0.299. The van der Waals surface area contributed by atoms with E-state index in [1.54, 1.807) is 30.5 Å². The first-order valence-corrected chi connectivity index (χ1v) is 9.89. The second-order valence-corrected chi connectivity index (χ2v) is 6.98. The van der Waals surface area contributed by atoms with E-state index < -0.39 is 4.92 Å². The molecule has 3 aromatic rings. The number of carbonyl (C=O) groups excluding carboxylic acids is 1. The summed E-state index contributed by atoms with van der Waals surface area (Å²) in [5, 5.41) is 16.9. The second-order valence-electron chi connectivity index (χ2n) is 6.98. The van der Waals surface area contributed by atoms with Crippen molar-refractivity contribution in [3.63, 3.8) is 0 Å². The molecule has 0 aliphatic heterocycles. The Bertz CT molecular complexity index is 1080. The molecule has 0 spiro atoms. The molecule has 1 heterocycles. The Morgan fingerprint density at radius 3 is 2.74 bits per heavy atom. The summed E-state index contributed by atoms with van der Waals surface area (Å²) >= 11 is 0. The van der Waals surface area contributed by atoms with Crippen molar-refractivity contribution >= 4 is 23.1 Å². The molecule has 0 bridgehead atoms. The van der Waals surface area contributed by atoms with Crippen LogP contribution < -0.4 is 15.4 Å². The summed E-state index contributed by atoms with van der Waals surface area (Å²) in [5.74, 6) is 0.672. The molecule has 0 aliphatic rings. The smallest absolute Gasteiger partial charge is 0.273 e. The number of anilines is 2. The summed E-state index contributed by atoms with van der Waals surface area (Å²) < 4.78 is 5.53. The Kier molecular flexibility index (Phi) is 7.16. The number of nitro benzene ring substituents is 1. The molecule has 0 saturated heterocycles. The van der Waals surface area contributed by atoms with Gasteiger partial charge in [-0.2, -0.15) is 0 Å². The van der Waals surface area contributed by atoms with Crippen LogP contribution >= 0.6 is 0 Å². The fraction of sp³-hybridized carbons (Fsp3) is 0.217. The highest BCUT2D eigenvalue weighted by Gasteiger charge is 2.13. The van der Waals surface area contributed by atoms with Crippen LogP contribution in [0.3, 0.4) is 0 Å². The minimum atomic E-state index is -0.467. The zero-order valence-electron chi connectivity index (χ0n) is 17.4. The van der Waals surface area contributed by atoms with Gasteiger partial charge < -0.3 is 15.4 Å². The molecule has 1 amide bonds. The number of ether oxygens (including phenoxy) is 1. The standard InChI is InChI=1S/C23H24N4O4/c1-16-7-3-11-21(17(16)2)26-22-20(10-5-12-24-22)23(28)25-13-6-14-31-19-9-4-8-18(15-19)27(29)30/h3-5,7-12,15H,6,13-14H2,1-2H3,(H,24,26)(H,25,28). The molecule has 160 valence electrons. The Morgan fingerprint density at radius 1 is 1.13 bits per heavy atom. The summed E-state index contributed by atoms with van der Waals surface area (Å²) in [6, 6.07) is 15.4. The lowest BCUT2D eigenvalue weighted by Gasteiger charge is -2.14. The number of hydrogen-bond acceptors (Lipinski definition) is 6. The molecule has 0 fully saturated rings. The molecule has 3 rings (SSSR count). The van der Waals surface area contributed by atoms with Crippen molar-refractivity contribution in [3.05, 3.63) is 87.6 Å². The summed E-state index contributed by atoms with van der Waals surface area (Å²) in [6.45, 7) is 4.76. The average Bonchev–Trinajstić information content (AvgIpc) is 2.77. The number of nitro groups is 1. The third-order valence-electron chi connectivity index (χ3n) is 4.81. The van der Waals surface area contributed by atoms with Crippen molar-refractivity contribution in [2.24, 2.45) is 0 Å². The molecule has 0 aliphatic carbocycles. The van der Waals surface area contributed by atoms with E-state index in [2.05, 4.69) is 15.6 Å². The van der Waals surface area contributed by atoms with Crippen molar-refractivity contribution in [2.45, 2.75) is 20.3 Å². The van der Waals surface area contributed by atoms with Crippen LogP contribution in [0, 0.1) is 24.0 Å². The van der Waals surface area contributed by atoms with Gasteiger partial charge in [0.1, 0.15) is 11.6 Å². The first kappa shape index (κ1) is 21.8. The van der Waals surface area contributed by atoms with Gasteiger partial charge in [0.25, 0.3) is 11.6 Å². The number of nitrogens with zero attached hydrogens (tertiary/aromatic N) is 2. The fourth-order valence-electron chi connectivity index (χ4n) is 2.95. The van der Waals surface area contributed by atoms with Crippen LogP contribution in [0.4, 0.5) is 17.2 Å². The summed E-state index contributed by atoms with van der Waals surface area (Å²) in [6.07, 6.45) is 2.19. The van der Waals surface area contributed by atoms with Crippen molar-refractivity contribution in [3.8, 4) is 5.75 Å². The van der Waals surface area contributed by atoms with Gasteiger partial charge in [-0.3, -0.25) is 14.9 Å². The molecule has 1 aromatic heterocycles. The van der Waals surface area contributed by atoms with Gasteiger partial charge in [-0.1, -0.05) is 18.2 Å². The van der Waals surface area contributed by atoms with Crippen LogP contribution in [0.1, 0.15) is 27.9 Å². The molecule has 0 unspecified atom stereocenters. The largest absolute Gasteiger partial charge is 0.493 e. The summed E-state index contributed by atoms with van der Waals surface area (Å²) in [4.78, 5) is 27.3. The highest BCUT2D eigenvalue weighted by Crippen LogP contribution is 2.24. The Labute approximate surface area is 180 Å². The van der Waals surface area contributed by atoms with Gasteiger partial charge in [-0.05, 0) is 55.7 Å². The van der Waals surface area contributed by atoms with E-state index in [4.69, 9.17) is 4.74 Å². The SMILES string of the molecule is Cc1cccc(Nc2ncccc2C(=O)NCCCOc2cccc([N+](=O)[O-])c2)c1C. The van der Waals surface area contributed by atoms with E-state index in [-0.39, 0.29) is 11.6 Å². The number of amides is 1. The monoisotopic (exact) mass is 420 g/mol. The van der Waals surface area contributed by atoms with Crippen LogP contribution in [0.5, 0.6) is 5.75 Å². The van der Waals surface area contributed by atoms with Gasteiger partial charge >= 0.3 is 0 Å². The van der Waals surface area contributed by atoms with Crippen LogP contribution in [0.25, 0.3) is 0 Å². The molecule has 0 atom stereocenters. The van der Waals surface area contributed by atoms with Crippen molar-refractivity contribution in [2.75, 3.05) is 18.5 Å². The first-order chi connectivity index (χ1) is 15.0. The molecule has 31 heavy (non-hydrogen) atoms. The number of nitrogens with one attached hydrogen (secondary N) is 2. The number of hydrogen-bond donors (Lipinski definition) is 2. The van der Waals surface area contributed by atoms with E-state index in [1.165, 1.54) is 12.1 Å². The normalized spacial score (nSPS) is 10.4. The lowest BCUT2D eigenvalue weighted by Crippen LogP contribution is -2.26. The minimum absolute atomic E-state index is 0.0220. The number of rotatable bonds is 9. The molecule has 0 radical (unpaired) electrons. The van der Waals surface area contributed by atoms with Gasteiger partial charge in [0.2, 0.25) is 0 Å². The van der Waals surface area contributed by atoms with E-state index in [1.807, 2.05) is 32.0 Å². The van der Waals surface area contributed by atoms with Crippen LogP contribution in [-0.4, -0.2) is 29.0 Å². The van der Waals surface area contributed by atoms with Gasteiger partial charge in [0, 0.05) is 24.5 Å². The topological polar surface area (TPSA) is 106 Å². The maximum absolute atomic E-state index is 12.7. The molecule has 2 N–H and O–H groups in total. The molecular formula is C23H24N4O4. The Hall–Kier alpha value is -3.94. The van der Waals surface area contributed by atoms with Gasteiger partial charge in [0.05, 0.1) is 23.2 Å². The van der Waals surface area contributed by atoms with Crippen LogP contribution in [-0.2, 0) is 0 Å². The van der Waals surface area contributed by atoms with Gasteiger partial charge in [0.15, 0.2) is 0 Å². The fourth-order valence-corrected chi connectivity index (χ4v) is 2.95. The third-order valence-corrected chi connectivity index (χ3v) is 4.81. The number of carbonyl (C=O) groups is 1. The summed E-state index contributed by atoms with van der Waals surface area (Å²) in [5.41, 5.74) is 3.57.